The monoisotopic (exact) mass is 364 g/mol. The van der Waals surface area contributed by atoms with Gasteiger partial charge in [-0.05, 0) is 12.5 Å². The Balaban J connectivity index is 2.22. The number of rotatable bonds is 5. The minimum absolute atomic E-state index is 0.0386. The van der Waals surface area contributed by atoms with E-state index in [9.17, 15) is 14.4 Å². The largest absolute Gasteiger partial charge is 0.461 e. The van der Waals surface area contributed by atoms with Crippen molar-refractivity contribution in [1.82, 2.24) is 10.2 Å². The lowest BCUT2D eigenvalue weighted by Gasteiger charge is -2.33. The molecule has 0 saturated carbocycles. The van der Waals surface area contributed by atoms with Crippen LogP contribution in [0.15, 0.2) is 71.9 Å². The normalized spacial score (nSPS) is 16.7. The number of carbonyl (C=O) groups excluding carboxylic acids is 3. The topological polar surface area (TPSA) is 75.7 Å². The zero-order valence-electron chi connectivity index (χ0n) is 15.1. The molecule has 1 aliphatic rings. The molecule has 6 heteroatoms. The highest BCUT2D eigenvalue weighted by molar-refractivity contribution is 6.15. The van der Waals surface area contributed by atoms with Crippen molar-refractivity contribution in [2.45, 2.75) is 13.0 Å². The van der Waals surface area contributed by atoms with E-state index in [1.807, 2.05) is 18.2 Å². The molecule has 1 N–H and O–H groups in total. The molecule has 0 saturated heterocycles. The maximum atomic E-state index is 13.3. The van der Waals surface area contributed by atoms with Gasteiger partial charge in [-0.2, -0.15) is 0 Å². The van der Waals surface area contributed by atoms with Crippen molar-refractivity contribution in [3.8, 4) is 0 Å². The summed E-state index contributed by atoms with van der Waals surface area (Å²) in [6, 6.07) is 16.5. The fourth-order valence-corrected chi connectivity index (χ4v) is 3.04. The number of carbonyl (C=O) groups is 3. The van der Waals surface area contributed by atoms with Crippen molar-refractivity contribution in [3.05, 3.63) is 83.1 Å². The van der Waals surface area contributed by atoms with Gasteiger partial charge >= 0.3 is 12.0 Å². The SMILES string of the molecule is CCOC(=O)C1=C(C(=O)c2ccccc2)[C@H](c2ccccc2)NC(=O)N1C. The highest BCUT2D eigenvalue weighted by atomic mass is 16.5. The molecule has 0 aliphatic carbocycles. The van der Waals surface area contributed by atoms with Crippen LogP contribution in [-0.4, -0.2) is 36.3 Å². The fourth-order valence-electron chi connectivity index (χ4n) is 3.04. The first-order valence-electron chi connectivity index (χ1n) is 8.64. The predicted octanol–water partition coefficient (Wildman–Crippen LogP) is 3.08. The van der Waals surface area contributed by atoms with Crippen molar-refractivity contribution in [2.24, 2.45) is 0 Å². The molecular formula is C21H20N2O4. The Kier molecular flexibility index (Phi) is 5.35. The lowest BCUT2D eigenvalue weighted by molar-refractivity contribution is -0.140. The van der Waals surface area contributed by atoms with E-state index < -0.39 is 18.0 Å². The Hall–Kier alpha value is -3.41. The predicted molar refractivity (Wildman–Crippen MR) is 99.9 cm³/mol. The standard InChI is InChI=1S/C21H20N2O4/c1-3-27-20(25)18-16(19(24)15-12-8-5-9-13-15)17(22-21(26)23(18)2)14-10-6-4-7-11-14/h4-13,17H,3H2,1-2H3,(H,22,26)/t17-/m0/s1. The lowest BCUT2D eigenvalue weighted by atomic mass is 9.89. The molecule has 0 radical (unpaired) electrons. The number of hydrogen-bond acceptors (Lipinski definition) is 4. The number of benzene rings is 2. The molecule has 1 atom stereocenters. The maximum Gasteiger partial charge on any atom is 0.355 e. The zero-order valence-corrected chi connectivity index (χ0v) is 15.1. The summed E-state index contributed by atoms with van der Waals surface area (Å²) < 4.78 is 5.13. The second kappa shape index (κ2) is 7.86. The molecule has 1 aliphatic heterocycles. The van der Waals surface area contributed by atoms with Gasteiger partial charge in [0, 0.05) is 12.6 Å². The molecule has 0 spiro atoms. The number of hydrogen-bond donors (Lipinski definition) is 1. The summed E-state index contributed by atoms with van der Waals surface area (Å²) in [5.41, 5.74) is 1.29. The lowest BCUT2D eigenvalue weighted by Crippen LogP contribution is -2.48. The summed E-state index contributed by atoms with van der Waals surface area (Å²) in [4.78, 5) is 39.5. The molecule has 138 valence electrons. The zero-order chi connectivity index (χ0) is 19.4. The molecule has 0 unspecified atom stereocenters. The minimum atomic E-state index is -0.748. The van der Waals surface area contributed by atoms with Gasteiger partial charge in [-0.15, -0.1) is 0 Å². The van der Waals surface area contributed by atoms with Crippen molar-refractivity contribution < 1.29 is 19.1 Å². The number of esters is 1. The van der Waals surface area contributed by atoms with Crippen LogP contribution in [0.4, 0.5) is 4.79 Å². The van der Waals surface area contributed by atoms with Crippen LogP contribution in [0.3, 0.4) is 0 Å². The highest BCUT2D eigenvalue weighted by Gasteiger charge is 2.39. The molecule has 2 aromatic rings. The number of ether oxygens (including phenoxy) is 1. The van der Waals surface area contributed by atoms with Crippen molar-refractivity contribution >= 4 is 17.8 Å². The van der Waals surface area contributed by atoms with Crippen LogP contribution in [0.5, 0.6) is 0 Å². The molecule has 0 bridgehead atoms. The molecular weight excluding hydrogens is 344 g/mol. The molecule has 3 rings (SSSR count). The molecule has 0 aromatic heterocycles. The minimum Gasteiger partial charge on any atom is -0.461 e. The van der Waals surface area contributed by atoms with Gasteiger partial charge < -0.3 is 10.1 Å². The van der Waals surface area contributed by atoms with E-state index >= 15 is 0 Å². The average molecular weight is 364 g/mol. The smallest absolute Gasteiger partial charge is 0.355 e. The summed E-state index contributed by atoms with van der Waals surface area (Å²) in [6.45, 7) is 1.81. The summed E-state index contributed by atoms with van der Waals surface area (Å²) in [5, 5.41) is 2.81. The van der Waals surface area contributed by atoms with Gasteiger partial charge in [-0.25, -0.2) is 9.59 Å². The number of nitrogens with zero attached hydrogens (tertiary/aromatic N) is 1. The maximum absolute atomic E-state index is 13.3. The second-order valence-corrected chi connectivity index (χ2v) is 6.03. The van der Waals surface area contributed by atoms with Crippen molar-refractivity contribution in [3.63, 3.8) is 0 Å². The van der Waals surface area contributed by atoms with Gasteiger partial charge in [-0.3, -0.25) is 9.69 Å². The summed E-state index contributed by atoms with van der Waals surface area (Å²) in [5.74, 6) is -1.03. The van der Waals surface area contributed by atoms with Gasteiger partial charge in [0.25, 0.3) is 0 Å². The van der Waals surface area contributed by atoms with Gasteiger partial charge in [0.15, 0.2) is 5.78 Å². The van der Waals surface area contributed by atoms with Crippen molar-refractivity contribution in [2.75, 3.05) is 13.7 Å². The Bertz CT molecular complexity index is 891. The molecule has 2 amide bonds. The summed E-state index contributed by atoms with van der Waals surface area (Å²) >= 11 is 0. The molecule has 2 aromatic carbocycles. The third-order valence-corrected chi connectivity index (χ3v) is 4.33. The first kappa shape index (κ1) is 18.4. The van der Waals surface area contributed by atoms with Crippen LogP contribution in [0.25, 0.3) is 0 Å². The van der Waals surface area contributed by atoms with E-state index in [0.29, 0.717) is 11.1 Å². The van der Waals surface area contributed by atoms with Gasteiger partial charge in [0.05, 0.1) is 18.2 Å². The van der Waals surface area contributed by atoms with Crippen LogP contribution < -0.4 is 5.32 Å². The number of likely N-dealkylation sites (N-methyl/N-ethyl adjacent to an activating group) is 1. The van der Waals surface area contributed by atoms with Gasteiger partial charge in [-0.1, -0.05) is 60.7 Å². The number of Topliss-reactive ketones (excluding diaryl/α,β-unsaturated/α-hetero) is 1. The third kappa shape index (κ3) is 3.60. The first-order chi connectivity index (χ1) is 13.0. The third-order valence-electron chi connectivity index (χ3n) is 4.33. The van der Waals surface area contributed by atoms with E-state index in [1.54, 1.807) is 49.4 Å². The van der Waals surface area contributed by atoms with Crippen LogP contribution in [0, 0.1) is 0 Å². The van der Waals surface area contributed by atoms with E-state index in [4.69, 9.17) is 4.74 Å². The number of amides is 2. The van der Waals surface area contributed by atoms with Crippen molar-refractivity contribution in [1.29, 1.82) is 0 Å². The average Bonchev–Trinajstić information content (AvgIpc) is 2.70. The Labute approximate surface area is 157 Å². The van der Waals surface area contributed by atoms with Gasteiger partial charge in [0.1, 0.15) is 5.70 Å². The number of ketones is 1. The second-order valence-electron chi connectivity index (χ2n) is 6.03. The molecule has 27 heavy (non-hydrogen) atoms. The van der Waals surface area contributed by atoms with Crippen LogP contribution in [0.2, 0.25) is 0 Å². The fraction of sp³-hybridized carbons (Fsp3) is 0.190. The van der Waals surface area contributed by atoms with Crippen LogP contribution in [-0.2, 0) is 9.53 Å². The Morgan fingerprint density at radius 2 is 1.63 bits per heavy atom. The summed E-state index contributed by atoms with van der Waals surface area (Å²) in [7, 11) is 1.45. The first-order valence-corrected chi connectivity index (χ1v) is 8.64. The van der Waals surface area contributed by atoms with E-state index in [0.717, 1.165) is 4.90 Å². The number of nitrogens with one attached hydrogen (secondary N) is 1. The molecule has 6 nitrogen and oxygen atoms in total. The highest BCUT2D eigenvalue weighted by Crippen LogP contribution is 2.32. The number of urea groups is 1. The quantitative estimate of drug-likeness (QED) is 0.653. The molecule has 1 heterocycles. The van der Waals surface area contributed by atoms with Gasteiger partial charge in [0.2, 0.25) is 0 Å². The Morgan fingerprint density at radius 1 is 1.04 bits per heavy atom. The summed E-state index contributed by atoms with van der Waals surface area (Å²) in [6.07, 6.45) is 0. The van der Waals surface area contributed by atoms with E-state index in [-0.39, 0.29) is 23.7 Å². The van der Waals surface area contributed by atoms with E-state index in [1.165, 1.54) is 7.05 Å². The van der Waals surface area contributed by atoms with E-state index in [2.05, 4.69) is 5.32 Å². The Morgan fingerprint density at radius 3 is 2.22 bits per heavy atom. The van der Waals surface area contributed by atoms with Crippen LogP contribution >= 0.6 is 0 Å². The molecule has 0 fully saturated rings. The van der Waals surface area contributed by atoms with Crippen LogP contribution in [0.1, 0.15) is 28.9 Å².